The molecule has 2 aliphatic rings. The van der Waals surface area contributed by atoms with Gasteiger partial charge in [0.15, 0.2) is 28.2 Å². The van der Waals surface area contributed by atoms with Crippen molar-refractivity contribution in [2.75, 3.05) is 6.61 Å². The average molecular weight is 681 g/mol. The largest absolute Gasteiger partial charge is 0.413 e. The van der Waals surface area contributed by atoms with E-state index in [1.54, 1.807) is 0 Å². The van der Waals surface area contributed by atoms with E-state index in [0.29, 0.717) is 12.8 Å². The molecule has 46 heavy (non-hydrogen) atoms. The van der Waals surface area contributed by atoms with Gasteiger partial charge in [0.2, 0.25) is 0 Å². The Kier molecular flexibility index (Phi) is 16.0. The number of ether oxygens (including phenoxy) is 4. The van der Waals surface area contributed by atoms with Gasteiger partial charge in [-0.25, -0.2) is 0 Å². The van der Waals surface area contributed by atoms with Gasteiger partial charge in [-0.1, -0.05) is 47.6 Å². The molecule has 2 saturated heterocycles. The molecular weight excluding hydrogens is 613 g/mol. The Morgan fingerprint density at radius 2 is 1.11 bits per heavy atom. The van der Waals surface area contributed by atoms with Crippen LogP contribution in [0.5, 0.6) is 0 Å². The minimum absolute atomic E-state index is 0.0193. The smallest absolute Gasteiger partial charge is 0.192 e. The predicted molar refractivity (Wildman–Crippen MR) is 194 cm³/mol. The van der Waals surface area contributed by atoms with Gasteiger partial charge in [0, 0.05) is 12.8 Å². The summed E-state index contributed by atoms with van der Waals surface area (Å²) in [5, 5.41) is 9.80. The van der Waals surface area contributed by atoms with Crippen molar-refractivity contribution in [1.82, 2.24) is 0 Å². The lowest BCUT2D eigenvalue weighted by Crippen LogP contribution is -2.44. The minimum Gasteiger partial charge on any atom is -0.413 e. The van der Waals surface area contributed by atoms with Crippen LogP contribution in [0.3, 0.4) is 0 Å². The summed E-state index contributed by atoms with van der Waals surface area (Å²) in [6.07, 6.45) is 17.2. The van der Waals surface area contributed by atoms with E-state index in [0.717, 1.165) is 25.7 Å². The quantitative estimate of drug-likeness (QED) is 0.112. The maximum atomic E-state index is 9.47. The third-order valence-electron chi connectivity index (χ3n) is 9.69. The molecule has 0 aromatic carbocycles. The number of terminal acetylenes is 2. The van der Waals surface area contributed by atoms with Gasteiger partial charge in [-0.2, -0.15) is 0 Å². The molecule has 9 heteroatoms. The zero-order valence-corrected chi connectivity index (χ0v) is 33.7. The summed E-state index contributed by atoms with van der Waals surface area (Å²) in [6.45, 7) is 33.9. The molecule has 2 unspecified atom stereocenters. The number of hydrogen-bond acceptors (Lipinski definition) is 7. The first-order valence-corrected chi connectivity index (χ1v) is 22.8. The van der Waals surface area contributed by atoms with Crippen LogP contribution in [-0.4, -0.2) is 76.5 Å². The maximum absolute atomic E-state index is 9.47. The van der Waals surface area contributed by atoms with E-state index in [2.05, 4.69) is 86.2 Å². The Labute approximate surface area is 285 Å². The van der Waals surface area contributed by atoms with Crippen LogP contribution in [0.25, 0.3) is 0 Å². The molecule has 0 aromatic heterocycles. The van der Waals surface area contributed by atoms with Crippen molar-refractivity contribution in [3.05, 3.63) is 12.7 Å². The first-order valence-electron chi connectivity index (χ1n) is 17.0. The number of aliphatic hydroxyl groups is 1. The summed E-state index contributed by atoms with van der Waals surface area (Å²) in [5.41, 5.74) is 0. The third kappa shape index (κ3) is 13.5. The van der Waals surface area contributed by atoms with Crippen LogP contribution in [0.4, 0.5) is 0 Å². The molecule has 0 aliphatic carbocycles. The molecule has 0 radical (unpaired) electrons. The Balaban J connectivity index is 0.000000460. The van der Waals surface area contributed by atoms with Crippen molar-refractivity contribution >= 4 is 16.6 Å². The molecule has 0 bridgehead atoms. The van der Waals surface area contributed by atoms with E-state index in [4.69, 9.17) is 40.6 Å². The van der Waals surface area contributed by atoms with Gasteiger partial charge in [-0.15, -0.1) is 31.3 Å². The second kappa shape index (κ2) is 17.1. The maximum Gasteiger partial charge on any atom is 0.192 e. The second-order valence-electron chi connectivity index (χ2n) is 16.7. The molecule has 2 heterocycles. The monoisotopic (exact) mass is 680 g/mol. The van der Waals surface area contributed by atoms with Crippen molar-refractivity contribution in [1.29, 1.82) is 0 Å². The first-order chi connectivity index (χ1) is 20.8. The zero-order valence-electron chi connectivity index (χ0n) is 31.7. The molecule has 2 aliphatic heterocycles. The molecule has 6 atom stereocenters. The normalized spacial score (nSPS) is 25.9. The molecule has 0 spiro atoms. The standard InChI is InChI=1S/C19H34O3Si.C18H34O4Si/c1-10-12-15(22-23(8,9)18(3,4)5)13-14-17-16(11-2)20-19(6,7)21-17;1-9-10-14(22-23(7,8)17(2,3)4)11-12-15-16(13-19)21-18(5,6)20-15/h1,11,15-17H,2,12-14H2,3-9H3;1,14-16,19H,10-13H2,2-8H3/t15?,16-,17+;14?,15-,16+/m10/s1. The molecule has 1 N–H and O–H groups in total. The van der Waals surface area contributed by atoms with Gasteiger partial charge in [-0.05, 0) is 89.6 Å². The summed E-state index contributed by atoms with van der Waals surface area (Å²) in [7, 11) is -3.68. The van der Waals surface area contributed by atoms with Crippen LogP contribution in [0, 0.1) is 24.7 Å². The minimum atomic E-state index is -1.85. The van der Waals surface area contributed by atoms with Crippen molar-refractivity contribution in [3.63, 3.8) is 0 Å². The van der Waals surface area contributed by atoms with Crippen LogP contribution >= 0.6 is 0 Å². The molecule has 0 aromatic rings. The molecule has 7 nitrogen and oxygen atoms in total. The predicted octanol–water partition coefficient (Wildman–Crippen LogP) is 8.58. The van der Waals surface area contributed by atoms with Gasteiger partial charge < -0.3 is 32.9 Å². The van der Waals surface area contributed by atoms with Crippen molar-refractivity contribution in [2.45, 2.75) is 192 Å². The van der Waals surface area contributed by atoms with Crippen LogP contribution in [-0.2, 0) is 27.8 Å². The Bertz CT molecular complexity index is 1030. The molecule has 266 valence electrons. The molecular formula is C37H68O7Si2. The second-order valence-corrected chi connectivity index (χ2v) is 26.3. The van der Waals surface area contributed by atoms with Crippen LogP contribution in [0.2, 0.25) is 36.3 Å². The van der Waals surface area contributed by atoms with Gasteiger partial charge in [0.05, 0.1) is 31.0 Å². The van der Waals surface area contributed by atoms with Gasteiger partial charge in [0.1, 0.15) is 12.2 Å². The number of aliphatic hydroxyl groups excluding tert-OH is 1. The highest BCUT2D eigenvalue weighted by Gasteiger charge is 2.43. The van der Waals surface area contributed by atoms with Gasteiger partial charge in [0.25, 0.3) is 0 Å². The molecule has 0 saturated carbocycles. The van der Waals surface area contributed by atoms with E-state index in [9.17, 15) is 5.11 Å². The van der Waals surface area contributed by atoms with E-state index >= 15 is 0 Å². The summed E-state index contributed by atoms with van der Waals surface area (Å²) in [6, 6.07) is 0. The Morgan fingerprint density at radius 3 is 1.48 bits per heavy atom. The van der Waals surface area contributed by atoms with Crippen molar-refractivity contribution < 1.29 is 32.9 Å². The highest BCUT2D eigenvalue weighted by molar-refractivity contribution is 6.74. The van der Waals surface area contributed by atoms with E-state index in [-0.39, 0.29) is 53.3 Å². The van der Waals surface area contributed by atoms with Crippen LogP contribution < -0.4 is 0 Å². The highest BCUT2D eigenvalue weighted by atomic mass is 28.4. The lowest BCUT2D eigenvalue weighted by molar-refractivity contribution is -0.149. The first kappa shape index (κ1) is 43.0. The van der Waals surface area contributed by atoms with Gasteiger partial charge >= 0.3 is 0 Å². The topological polar surface area (TPSA) is 75.6 Å². The summed E-state index contributed by atoms with van der Waals surface area (Å²) in [5.74, 6) is 4.31. The van der Waals surface area contributed by atoms with Crippen molar-refractivity contribution in [3.8, 4) is 24.7 Å². The van der Waals surface area contributed by atoms with Crippen LogP contribution in [0.15, 0.2) is 12.7 Å². The van der Waals surface area contributed by atoms with Crippen LogP contribution in [0.1, 0.15) is 108 Å². The fourth-order valence-corrected chi connectivity index (χ4v) is 7.93. The fourth-order valence-electron chi connectivity index (χ4n) is 5.15. The average Bonchev–Trinajstić information content (AvgIpc) is 3.37. The zero-order chi connectivity index (χ0) is 35.8. The number of hydrogen-bond donors (Lipinski definition) is 1. The van der Waals surface area contributed by atoms with Gasteiger partial charge in [-0.3, -0.25) is 0 Å². The Morgan fingerprint density at radius 1 is 0.739 bits per heavy atom. The fraction of sp³-hybridized carbons (Fsp3) is 0.838. The molecule has 2 rings (SSSR count). The summed E-state index contributed by atoms with van der Waals surface area (Å²) in [4.78, 5) is 0. The Hall–Kier alpha value is -0.986. The van der Waals surface area contributed by atoms with E-state index < -0.39 is 28.2 Å². The highest BCUT2D eigenvalue weighted by Crippen LogP contribution is 2.40. The lowest BCUT2D eigenvalue weighted by atomic mass is 10.0. The third-order valence-corrected chi connectivity index (χ3v) is 18.8. The number of rotatable bonds is 14. The SMILES string of the molecule is C#CCC(CC[C@@H]1OC(C)(C)O[C@@H]1C=C)O[Si](C)(C)C(C)(C)C.C#CCC(CC[C@@H]1OC(C)(C)O[C@@H]1CO)O[Si](C)(C)C(C)(C)C. The molecule has 0 amide bonds. The lowest BCUT2D eigenvalue weighted by Gasteiger charge is -2.39. The van der Waals surface area contributed by atoms with E-state index in [1.807, 2.05) is 33.8 Å². The van der Waals surface area contributed by atoms with E-state index in [1.165, 1.54) is 0 Å². The van der Waals surface area contributed by atoms with Crippen molar-refractivity contribution in [2.24, 2.45) is 0 Å². The summed E-state index contributed by atoms with van der Waals surface area (Å²) < 4.78 is 36.4. The molecule has 2 fully saturated rings. The summed E-state index contributed by atoms with van der Waals surface area (Å²) >= 11 is 0.